The van der Waals surface area contributed by atoms with Crippen molar-refractivity contribution in [1.82, 2.24) is 4.98 Å². The molecule has 66 valence electrons. The number of rotatable bonds is 1. The molecule has 0 N–H and O–H groups in total. The summed E-state index contributed by atoms with van der Waals surface area (Å²) in [4.78, 5) is 4.42. The molecule has 0 saturated carbocycles. The van der Waals surface area contributed by atoms with Crippen molar-refractivity contribution >= 4 is 24.9 Å². The van der Waals surface area contributed by atoms with E-state index in [-0.39, 0.29) is 0 Å². The summed E-state index contributed by atoms with van der Waals surface area (Å²) in [5.74, 6) is 0. The Morgan fingerprint density at radius 2 is 2.00 bits per heavy atom. The first-order valence-electron chi connectivity index (χ1n) is 4.39. The average molecular weight is 270 g/mol. The van der Waals surface area contributed by atoms with Gasteiger partial charge >= 0.3 is 84.9 Å². The Hall–Kier alpha value is -0.0513. The Morgan fingerprint density at radius 1 is 1.33 bits per heavy atom. The van der Waals surface area contributed by atoms with Crippen LogP contribution in [0.4, 0.5) is 0 Å². The van der Waals surface area contributed by atoms with Gasteiger partial charge in [-0.25, -0.2) is 0 Å². The van der Waals surface area contributed by atoms with Gasteiger partial charge in [-0.15, -0.1) is 0 Å². The van der Waals surface area contributed by atoms with Gasteiger partial charge in [-0.3, -0.25) is 0 Å². The number of nitrogens with zero attached hydrogens (tertiary/aromatic N) is 1. The minimum absolute atomic E-state index is 0.544. The van der Waals surface area contributed by atoms with Gasteiger partial charge in [0.1, 0.15) is 0 Å². The number of hydrogen-bond acceptors (Lipinski definition) is 1. The standard InChI is InChI=1S/C6H6N.C4H9.Sn.2H/c1-6-2-4-7-5-3-6;1-4(2)3;;;/h2-4H,1H3;1-3H3;;;. The van der Waals surface area contributed by atoms with Gasteiger partial charge in [0.05, 0.1) is 0 Å². The van der Waals surface area contributed by atoms with E-state index in [9.17, 15) is 0 Å². The number of aromatic nitrogens is 1. The van der Waals surface area contributed by atoms with Crippen LogP contribution in [-0.2, 0) is 0 Å². The van der Waals surface area contributed by atoms with E-state index in [1.54, 1.807) is 0 Å². The van der Waals surface area contributed by atoms with Gasteiger partial charge in [0.15, 0.2) is 0 Å². The van der Waals surface area contributed by atoms with E-state index >= 15 is 0 Å². The summed E-state index contributed by atoms with van der Waals surface area (Å²) in [6.07, 6.45) is 1.94. The molecule has 0 unspecified atom stereocenters. The molecule has 2 heteroatoms. The van der Waals surface area contributed by atoms with E-state index in [4.69, 9.17) is 0 Å². The van der Waals surface area contributed by atoms with Crippen molar-refractivity contribution in [3.8, 4) is 0 Å². The molecule has 1 nitrogen and oxygen atoms in total. The summed E-state index contributed by atoms with van der Waals surface area (Å²) in [6, 6.07) is 4.32. The molecule has 0 aliphatic rings. The molecule has 0 aliphatic heterocycles. The van der Waals surface area contributed by atoms with Gasteiger partial charge in [0, 0.05) is 0 Å². The summed E-state index contributed by atoms with van der Waals surface area (Å²) in [6.45, 7) is 9.12. The van der Waals surface area contributed by atoms with Crippen molar-refractivity contribution in [2.75, 3.05) is 0 Å². The van der Waals surface area contributed by atoms with Gasteiger partial charge in [-0.05, 0) is 0 Å². The third-order valence-corrected chi connectivity index (χ3v) is 6.85. The summed E-state index contributed by atoms with van der Waals surface area (Å²) in [5.41, 5.74) is 1.35. The summed E-state index contributed by atoms with van der Waals surface area (Å²) in [7, 11) is 0. The molecule has 1 heterocycles. The van der Waals surface area contributed by atoms with Gasteiger partial charge in [0.2, 0.25) is 0 Å². The van der Waals surface area contributed by atoms with Crippen molar-refractivity contribution in [3.63, 3.8) is 0 Å². The molecule has 0 spiro atoms. The summed E-state index contributed by atoms with van der Waals surface area (Å²) in [5, 5.41) is 0. The normalized spacial score (nSPS) is 12.7. The van der Waals surface area contributed by atoms with Gasteiger partial charge in [-0.2, -0.15) is 0 Å². The monoisotopic (exact) mass is 271 g/mol. The minimum atomic E-state index is -0.849. The van der Waals surface area contributed by atoms with Crippen LogP contribution in [0.1, 0.15) is 26.3 Å². The molecular weight excluding hydrogens is 253 g/mol. The molecule has 0 atom stereocenters. The SMILES string of the molecule is Cc1ccn[c]([SnH2][C](C)(C)C)c1. The van der Waals surface area contributed by atoms with Crippen molar-refractivity contribution in [2.45, 2.75) is 31.1 Å². The molecule has 1 aromatic rings. The van der Waals surface area contributed by atoms with Gasteiger partial charge in [-0.1, -0.05) is 0 Å². The third-order valence-electron chi connectivity index (χ3n) is 1.68. The van der Waals surface area contributed by atoms with Crippen molar-refractivity contribution in [1.29, 1.82) is 0 Å². The van der Waals surface area contributed by atoms with Crippen LogP contribution in [0.2, 0.25) is 3.43 Å². The molecule has 0 aliphatic carbocycles. The van der Waals surface area contributed by atoms with Crippen LogP contribution in [0.3, 0.4) is 0 Å². The quantitative estimate of drug-likeness (QED) is 0.703. The van der Waals surface area contributed by atoms with E-state index in [1.807, 2.05) is 6.20 Å². The van der Waals surface area contributed by atoms with Crippen LogP contribution >= 0.6 is 0 Å². The Balaban J connectivity index is 2.77. The Kier molecular flexibility index (Phi) is 3.15. The average Bonchev–Trinajstić information content (AvgIpc) is 1.82. The van der Waals surface area contributed by atoms with Crippen LogP contribution in [0, 0.1) is 6.92 Å². The number of hydrogen-bond donors (Lipinski definition) is 0. The molecule has 0 aromatic carbocycles. The second kappa shape index (κ2) is 3.77. The van der Waals surface area contributed by atoms with Crippen molar-refractivity contribution in [2.24, 2.45) is 0 Å². The first-order chi connectivity index (χ1) is 5.47. The van der Waals surface area contributed by atoms with Crippen LogP contribution in [0.5, 0.6) is 0 Å². The molecular formula is C10H17NSn. The molecule has 0 fully saturated rings. The fraction of sp³-hybridized carbons (Fsp3) is 0.500. The summed E-state index contributed by atoms with van der Waals surface area (Å²) < 4.78 is 1.95. The van der Waals surface area contributed by atoms with E-state index in [1.165, 1.54) is 9.27 Å². The maximum absolute atomic E-state index is 4.42. The van der Waals surface area contributed by atoms with E-state index in [0.29, 0.717) is 3.43 Å². The second-order valence-corrected chi connectivity index (χ2v) is 13.7. The van der Waals surface area contributed by atoms with E-state index in [2.05, 4.69) is 44.8 Å². The predicted molar refractivity (Wildman–Crippen MR) is 56.9 cm³/mol. The predicted octanol–water partition coefficient (Wildman–Crippen LogP) is 1.40. The Bertz CT molecular complexity index is 263. The molecule has 0 radical (unpaired) electrons. The topological polar surface area (TPSA) is 12.9 Å². The third kappa shape index (κ3) is 3.57. The van der Waals surface area contributed by atoms with Crippen LogP contribution in [0.25, 0.3) is 0 Å². The fourth-order valence-electron chi connectivity index (χ4n) is 1.24. The van der Waals surface area contributed by atoms with Crippen LogP contribution in [0.15, 0.2) is 18.3 Å². The van der Waals surface area contributed by atoms with Gasteiger partial charge < -0.3 is 0 Å². The van der Waals surface area contributed by atoms with Gasteiger partial charge in [0.25, 0.3) is 0 Å². The molecule has 0 saturated heterocycles. The zero-order chi connectivity index (χ0) is 9.19. The summed E-state index contributed by atoms with van der Waals surface area (Å²) >= 11 is -0.849. The van der Waals surface area contributed by atoms with E-state index < -0.39 is 21.1 Å². The molecule has 0 amide bonds. The maximum atomic E-state index is 4.42. The second-order valence-electron chi connectivity index (χ2n) is 4.56. The Morgan fingerprint density at radius 3 is 2.50 bits per heavy atom. The number of aryl methyl sites for hydroxylation is 1. The van der Waals surface area contributed by atoms with Crippen LogP contribution < -0.4 is 3.71 Å². The zero-order valence-corrected chi connectivity index (χ0v) is 12.4. The van der Waals surface area contributed by atoms with Crippen molar-refractivity contribution in [3.05, 3.63) is 23.9 Å². The fourth-order valence-corrected chi connectivity index (χ4v) is 6.11. The number of pyridine rings is 1. The molecule has 1 aromatic heterocycles. The Labute approximate surface area is 84.8 Å². The van der Waals surface area contributed by atoms with E-state index in [0.717, 1.165) is 0 Å². The molecule has 12 heavy (non-hydrogen) atoms. The zero-order valence-electron chi connectivity index (χ0n) is 8.39. The molecule has 1 rings (SSSR count). The van der Waals surface area contributed by atoms with Crippen molar-refractivity contribution < 1.29 is 0 Å². The first kappa shape index (κ1) is 10.0. The van der Waals surface area contributed by atoms with Crippen LogP contribution in [-0.4, -0.2) is 26.1 Å². The molecule has 0 bridgehead atoms. The first-order valence-corrected chi connectivity index (χ1v) is 8.42.